The maximum Gasteiger partial charge on any atom is 0.313 e. The lowest BCUT2D eigenvalue weighted by molar-refractivity contribution is -0.385. The monoisotopic (exact) mass is 452 g/mol. The average molecular weight is 453 g/mol. The Bertz CT molecular complexity index is 1160. The van der Waals surface area contributed by atoms with Gasteiger partial charge in [0.15, 0.2) is 5.75 Å². The Morgan fingerprint density at radius 2 is 1.94 bits per heavy atom. The van der Waals surface area contributed by atoms with E-state index in [1.807, 2.05) is 36.4 Å². The zero-order valence-electron chi connectivity index (χ0n) is 17.2. The molecule has 0 bridgehead atoms. The van der Waals surface area contributed by atoms with Crippen molar-refractivity contribution in [2.24, 2.45) is 0 Å². The fourth-order valence-corrected chi connectivity index (χ4v) is 3.29. The Kier molecular flexibility index (Phi) is 7.46. The second-order valence-electron chi connectivity index (χ2n) is 7.01. The van der Waals surface area contributed by atoms with Crippen LogP contribution >= 0.6 is 11.6 Å². The molecule has 3 aromatic carbocycles. The molecular weight excluding hydrogens is 432 g/mol. The molecule has 3 rings (SSSR count). The standard InChI is InChI=1S/C24H21ClN2O5/c1-16(28)26-20-13-19(24(29)22(14-20)27(30)31)9-5-8-17-10-11-23(21(25)12-17)32-15-18-6-3-2-4-7-18/h2-8,10-14,29H,9,15H2,1H3,(H,26,28)/b8-5+. The summed E-state index contributed by atoms with van der Waals surface area (Å²) in [5, 5.41) is 24.4. The number of allylic oxidation sites excluding steroid dienone is 1. The first-order valence-electron chi connectivity index (χ1n) is 9.74. The summed E-state index contributed by atoms with van der Waals surface area (Å²) in [6.07, 6.45) is 3.74. The lowest BCUT2D eigenvalue weighted by Crippen LogP contribution is -2.07. The lowest BCUT2D eigenvalue weighted by Gasteiger charge is -2.09. The predicted molar refractivity (Wildman–Crippen MR) is 124 cm³/mol. The van der Waals surface area contributed by atoms with Gasteiger partial charge in [-0.2, -0.15) is 0 Å². The van der Waals surface area contributed by atoms with Gasteiger partial charge in [0, 0.05) is 24.2 Å². The predicted octanol–water partition coefficient (Wildman–Crippen LogP) is 5.75. The van der Waals surface area contributed by atoms with Crippen LogP contribution in [0.2, 0.25) is 5.02 Å². The van der Waals surface area contributed by atoms with E-state index in [0.29, 0.717) is 22.9 Å². The third kappa shape index (κ3) is 6.09. The Balaban J connectivity index is 1.71. The van der Waals surface area contributed by atoms with Crippen LogP contribution in [0.1, 0.15) is 23.6 Å². The molecule has 0 atom stereocenters. The number of benzene rings is 3. The molecular formula is C24H21ClN2O5. The van der Waals surface area contributed by atoms with Gasteiger partial charge in [0.1, 0.15) is 12.4 Å². The maximum atomic E-state index is 11.3. The minimum Gasteiger partial charge on any atom is -0.502 e. The van der Waals surface area contributed by atoms with Crippen LogP contribution in [0.25, 0.3) is 6.08 Å². The summed E-state index contributed by atoms with van der Waals surface area (Å²) in [6, 6.07) is 17.7. The molecule has 0 spiro atoms. The molecule has 0 radical (unpaired) electrons. The van der Waals surface area contributed by atoms with Crippen LogP contribution in [0.3, 0.4) is 0 Å². The van der Waals surface area contributed by atoms with E-state index in [-0.39, 0.29) is 18.0 Å². The van der Waals surface area contributed by atoms with Crippen LogP contribution in [0.15, 0.2) is 66.7 Å². The van der Waals surface area contributed by atoms with Gasteiger partial charge in [0.05, 0.1) is 9.95 Å². The molecule has 1 amide bonds. The number of carbonyl (C=O) groups is 1. The van der Waals surface area contributed by atoms with Crippen molar-refractivity contribution in [3.05, 3.63) is 98.6 Å². The highest BCUT2D eigenvalue weighted by molar-refractivity contribution is 6.32. The topological polar surface area (TPSA) is 102 Å². The van der Waals surface area contributed by atoms with Gasteiger partial charge in [-0.05, 0) is 35.7 Å². The van der Waals surface area contributed by atoms with Gasteiger partial charge in [-0.3, -0.25) is 14.9 Å². The molecule has 32 heavy (non-hydrogen) atoms. The molecule has 2 N–H and O–H groups in total. The number of nitro groups is 1. The number of nitro benzene ring substituents is 1. The SMILES string of the molecule is CC(=O)Nc1cc(C/C=C/c2ccc(OCc3ccccc3)c(Cl)c2)c(O)c([N+](=O)[O-])c1. The molecule has 0 heterocycles. The summed E-state index contributed by atoms with van der Waals surface area (Å²) in [6.45, 7) is 1.70. The quantitative estimate of drug-likeness (QED) is 0.257. The third-order valence-electron chi connectivity index (χ3n) is 4.53. The Labute approximate surface area is 190 Å². The first-order chi connectivity index (χ1) is 15.3. The second-order valence-corrected chi connectivity index (χ2v) is 7.42. The number of rotatable bonds is 8. The van der Waals surface area contributed by atoms with Crippen LogP contribution in [0.5, 0.6) is 11.5 Å². The van der Waals surface area contributed by atoms with Crippen molar-refractivity contribution in [2.45, 2.75) is 20.0 Å². The summed E-state index contributed by atoms with van der Waals surface area (Å²) >= 11 is 6.33. The zero-order chi connectivity index (χ0) is 23.1. The van der Waals surface area contributed by atoms with Crippen LogP contribution in [0.4, 0.5) is 11.4 Å². The fraction of sp³-hybridized carbons (Fsp3) is 0.125. The van der Waals surface area contributed by atoms with E-state index < -0.39 is 16.4 Å². The van der Waals surface area contributed by atoms with Crippen LogP contribution < -0.4 is 10.1 Å². The van der Waals surface area contributed by atoms with Crippen LogP contribution in [-0.2, 0) is 17.8 Å². The van der Waals surface area contributed by atoms with E-state index in [1.165, 1.54) is 13.0 Å². The molecule has 8 heteroatoms. The van der Waals surface area contributed by atoms with E-state index >= 15 is 0 Å². The smallest absolute Gasteiger partial charge is 0.313 e. The maximum absolute atomic E-state index is 11.3. The van der Waals surface area contributed by atoms with E-state index in [9.17, 15) is 20.0 Å². The highest BCUT2D eigenvalue weighted by Crippen LogP contribution is 2.34. The van der Waals surface area contributed by atoms with Crippen molar-refractivity contribution in [1.82, 2.24) is 0 Å². The van der Waals surface area contributed by atoms with Crippen molar-refractivity contribution < 1.29 is 19.6 Å². The molecule has 7 nitrogen and oxygen atoms in total. The zero-order valence-corrected chi connectivity index (χ0v) is 18.0. The van der Waals surface area contributed by atoms with Crippen molar-refractivity contribution in [1.29, 1.82) is 0 Å². The average Bonchev–Trinajstić information content (AvgIpc) is 2.75. The highest BCUT2D eigenvalue weighted by atomic mass is 35.5. The van der Waals surface area contributed by atoms with Crippen molar-refractivity contribution in [2.75, 3.05) is 5.32 Å². The summed E-state index contributed by atoms with van der Waals surface area (Å²) in [7, 11) is 0. The fourth-order valence-electron chi connectivity index (χ4n) is 3.04. The van der Waals surface area contributed by atoms with Gasteiger partial charge in [-0.1, -0.05) is 60.2 Å². The number of hydrogen-bond acceptors (Lipinski definition) is 5. The van der Waals surface area contributed by atoms with Gasteiger partial charge >= 0.3 is 5.69 Å². The van der Waals surface area contributed by atoms with Crippen LogP contribution in [-0.4, -0.2) is 15.9 Å². The lowest BCUT2D eigenvalue weighted by atomic mass is 10.1. The van der Waals surface area contributed by atoms with E-state index in [1.54, 1.807) is 24.3 Å². The van der Waals surface area contributed by atoms with Gasteiger partial charge in [0.25, 0.3) is 0 Å². The van der Waals surface area contributed by atoms with Crippen molar-refractivity contribution >= 4 is 35.0 Å². The molecule has 0 aliphatic heterocycles. The number of aromatic hydroxyl groups is 1. The van der Waals surface area contributed by atoms with E-state index in [0.717, 1.165) is 17.2 Å². The minimum atomic E-state index is -0.693. The second kappa shape index (κ2) is 10.5. The van der Waals surface area contributed by atoms with Crippen molar-refractivity contribution in [3.8, 4) is 11.5 Å². The van der Waals surface area contributed by atoms with Gasteiger partial charge in [0.2, 0.25) is 5.91 Å². The van der Waals surface area contributed by atoms with Gasteiger partial charge in [-0.25, -0.2) is 0 Å². The number of phenols is 1. The summed E-state index contributed by atoms with van der Waals surface area (Å²) < 4.78 is 5.76. The molecule has 3 aromatic rings. The molecule has 164 valence electrons. The summed E-state index contributed by atoms with van der Waals surface area (Å²) in [4.78, 5) is 21.8. The molecule has 0 saturated heterocycles. The number of carbonyl (C=O) groups excluding carboxylic acids is 1. The molecule has 0 fully saturated rings. The summed E-state index contributed by atoms with van der Waals surface area (Å²) in [5.74, 6) is -0.240. The van der Waals surface area contributed by atoms with E-state index in [4.69, 9.17) is 16.3 Å². The molecule has 0 aromatic heterocycles. The first-order valence-corrected chi connectivity index (χ1v) is 10.1. The number of halogens is 1. The van der Waals surface area contributed by atoms with Crippen molar-refractivity contribution in [3.63, 3.8) is 0 Å². The third-order valence-corrected chi connectivity index (χ3v) is 4.82. The Morgan fingerprint density at radius 1 is 1.19 bits per heavy atom. The largest absolute Gasteiger partial charge is 0.502 e. The minimum absolute atomic E-state index is 0.212. The molecule has 0 aliphatic rings. The van der Waals surface area contributed by atoms with Crippen LogP contribution in [0, 0.1) is 10.1 Å². The number of anilines is 1. The van der Waals surface area contributed by atoms with Gasteiger partial charge < -0.3 is 15.2 Å². The number of ether oxygens (including phenoxy) is 1. The normalized spacial score (nSPS) is 10.8. The number of phenolic OH excluding ortho intramolecular Hbond substituents is 1. The number of nitrogens with zero attached hydrogens (tertiary/aromatic N) is 1. The Hall–Kier alpha value is -3.84. The number of amides is 1. The number of hydrogen-bond donors (Lipinski definition) is 2. The molecule has 0 saturated carbocycles. The first kappa shape index (κ1) is 22.8. The molecule has 0 aliphatic carbocycles. The Morgan fingerprint density at radius 3 is 2.59 bits per heavy atom. The van der Waals surface area contributed by atoms with E-state index in [2.05, 4.69) is 5.32 Å². The number of nitrogens with one attached hydrogen (secondary N) is 1. The van der Waals surface area contributed by atoms with Gasteiger partial charge in [-0.15, -0.1) is 0 Å². The summed E-state index contributed by atoms with van der Waals surface area (Å²) in [5.41, 5.74) is 1.92. The molecule has 0 unspecified atom stereocenters. The highest BCUT2D eigenvalue weighted by Gasteiger charge is 2.19.